The minimum Gasteiger partial charge on any atom is -0.461 e. The predicted molar refractivity (Wildman–Crippen MR) is 126 cm³/mol. The molecule has 8 heteroatoms. The molecule has 1 aliphatic rings. The van der Waals surface area contributed by atoms with E-state index in [4.69, 9.17) is 10.2 Å². The molecule has 166 valence electrons. The van der Waals surface area contributed by atoms with Crippen molar-refractivity contribution in [2.75, 3.05) is 43.4 Å². The van der Waals surface area contributed by atoms with E-state index in [1.165, 1.54) is 5.69 Å². The molecule has 0 radical (unpaired) electrons. The number of piperazine rings is 1. The number of furan rings is 1. The lowest BCUT2D eigenvalue weighted by Gasteiger charge is -2.39. The van der Waals surface area contributed by atoms with Crippen molar-refractivity contribution < 1.29 is 4.42 Å². The Bertz CT molecular complexity index is 1220. The van der Waals surface area contributed by atoms with Gasteiger partial charge in [-0.05, 0) is 29.7 Å². The van der Waals surface area contributed by atoms with Crippen LogP contribution in [0.25, 0.3) is 28.5 Å². The van der Waals surface area contributed by atoms with E-state index >= 15 is 0 Å². The second kappa shape index (κ2) is 7.94. The molecule has 0 spiro atoms. The number of nitrogen functional groups attached to an aromatic ring is 1. The molecule has 3 aromatic heterocycles. The van der Waals surface area contributed by atoms with Crippen LogP contribution >= 0.6 is 0 Å². The number of aromatic nitrogens is 4. The van der Waals surface area contributed by atoms with Crippen molar-refractivity contribution in [2.45, 2.75) is 20.8 Å². The zero-order valence-electron chi connectivity index (χ0n) is 18.8. The summed E-state index contributed by atoms with van der Waals surface area (Å²) in [6.07, 6.45) is 1.60. The van der Waals surface area contributed by atoms with Gasteiger partial charge in [0.1, 0.15) is 0 Å². The first-order chi connectivity index (χ1) is 15.4. The van der Waals surface area contributed by atoms with E-state index in [9.17, 15) is 0 Å². The van der Waals surface area contributed by atoms with Gasteiger partial charge in [0.05, 0.1) is 12.0 Å². The largest absolute Gasteiger partial charge is 0.461 e. The lowest BCUT2D eigenvalue weighted by atomic mass is 9.96. The fourth-order valence-corrected chi connectivity index (χ4v) is 4.27. The number of rotatable bonds is 4. The van der Waals surface area contributed by atoms with Crippen molar-refractivity contribution in [1.82, 2.24) is 24.5 Å². The molecule has 8 nitrogen and oxygen atoms in total. The Morgan fingerprint density at radius 1 is 1.00 bits per heavy atom. The molecule has 1 saturated heterocycles. The van der Waals surface area contributed by atoms with Crippen LogP contribution in [-0.2, 0) is 0 Å². The normalized spacial score (nSPS) is 15.5. The third-order valence-electron chi connectivity index (χ3n) is 5.67. The molecule has 0 atom stereocenters. The Kier molecular flexibility index (Phi) is 5.09. The highest BCUT2D eigenvalue weighted by Gasteiger charge is 2.22. The van der Waals surface area contributed by atoms with E-state index in [1.54, 1.807) is 10.8 Å². The molecule has 1 aliphatic heterocycles. The van der Waals surface area contributed by atoms with Crippen LogP contribution in [0, 0.1) is 5.41 Å². The second-order valence-electron chi connectivity index (χ2n) is 9.56. The molecule has 32 heavy (non-hydrogen) atoms. The molecular formula is C24H29N7O. The Hall–Kier alpha value is -3.39. The van der Waals surface area contributed by atoms with Crippen molar-refractivity contribution in [3.05, 3.63) is 48.7 Å². The average Bonchev–Trinajstić information content (AvgIpc) is 3.43. The monoisotopic (exact) mass is 431 g/mol. The topological polar surface area (TPSA) is 88.7 Å². The summed E-state index contributed by atoms with van der Waals surface area (Å²) in [5.74, 6) is 1.38. The van der Waals surface area contributed by atoms with Crippen LogP contribution in [-0.4, -0.2) is 57.2 Å². The molecule has 4 heterocycles. The lowest BCUT2D eigenvalue weighted by molar-refractivity contribution is 0.182. The van der Waals surface area contributed by atoms with Gasteiger partial charge in [0.15, 0.2) is 11.4 Å². The van der Waals surface area contributed by atoms with Gasteiger partial charge in [0.2, 0.25) is 11.8 Å². The highest BCUT2D eigenvalue weighted by molar-refractivity contribution is 5.70. The number of anilines is 2. The van der Waals surface area contributed by atoms with Crippen LogP contribution in [0.5, 0.6) is 0 Å². The fourth-order valence-electron chi connectivity index (χ4n) is 4.27. The minimum atomic E-state index is 0.295. The molecule has 0 amide bonds. The highest BCUT2D eigenvalue weighted by atomic mass is 16.3. The first-order valence-corrected chi connectivity index (χ1v) is 11.0. The maximum atomic E-state index is 6.21. The number of benzene rings is 1. The van der Waals surface area contributed by atoms with Gasteiger partial charge in [-0.2, -0.15) is 4.52 Å². The van der Waals surface area contributed by atoms with E-state index in [1.807, 2.05) is 18.2 Å². The van der Waals surface area contributed by atoms with E-state index in [0.717, 1.165) is 44.0 Å². The van der Waals surface area contributed by atoms with E-state index in [2.05, 4.69) is 69.9 Å². The zero-order chi connectivity index (χ0) is 22.3. The van der Waals surface area contributed by atoms with Crippen molar-refractivity contribution in [3.8, 4) is 22.8 Å². The number of fused-ring (bicyclic) bond motifs is 1. The zero-order valence-corrected chi connectivity index (χ0v) is 18.8. The molecule has 2 N–H and O–H groups in total. The van der Waals surface area contributed by atoms with Crippen LogP contribution in [0.1, 0.15) is 20.8 Å². The first-order valence-electron chi connectivity index (χ1n) is 11.0. The number of hydrogen-bond donors (Lipinski definition) is 1. The van der Waals surface area contributed by atoms with Crippen LogP contribution in [0.4, 0.5) is 11.6 Å². The van der Waals surface area contributed by atoms with Gasteiger partial charge in [0.25, 0.3) is 0 Å². The van der Waals surface area contributed by atoms with E-state index < -0.39 is 0 Å². The third-order valence-corrected chi connectivity index (χ3v) is 5.67. The molecule has 5 rings (SSSR count). The van der Waals surface area contributed by atoms with Gasteiger partial charge in [0, 0.05) is 50.0 Å². The van der Waals surface area contributed by atoms with Crippen molar-refractivity contribution >= 4 is 17.3 Å². The summed E-state index contributed by atoms with van der Waals surface area (Å²) in [5, 5.41) is 4.42. The van der Waals surface area contributed by atoms with Gasteiger partial charge >= 0.3 is 0 Å². The van der Waals surface area contributed by atoms with Crippen LogP contribution in [0.2, 0.25) is 0 Å². The summed E-state index contributed by atoms with van der Waals surface area (Å²) in [4.78, 5) is 14.2. The molecule has 0 bridgehead atoms. The molecular weight excluding hydrogens is 402 g/mol. The summed E-state index contributed by atoms with van der Waals surface area (Å²) >= 11 is 0. The number of hydrogen-bond acceptors (Lipinski definition) is 7. The van der Waals surface area contributed by atoms with Crippen LogP contribution in [0.3, 0.4) is 0 Å². The molecule has 0 unspecified atom stereocenters. The van der Waals surface area contributed by atoms with E-state index in [0.29, 0.717) is 28.6 Å². The van der Waals surface area contributed by atoms with Gasteiger partial charge in [-0.25, -0.2) is 9.97 Å². The summed E-state index contributed by atoms with van der Waals surface area (Å²) in [6, 6.07) is 14.0. The summed E-state index contributed by atoms with van der Waals surface area (Å²) in [6.45, 7) is 12.2. The first kappa shape index (κ1) is 20.5. The van der Waals surface area contributed by atoms with Crippen molar-refractivity contribution in [2.24, 2.45) is 5.41 Å². The lowest BCUT2D eigenvalue weighted by Crippen LogP contribution is -2.48. The van der Waals surface area contributed by atoms with Crippen molar-refractivity contribution in [3.63, 3.8) is 0 Å². The van der Waals surface area contributed by atoms with Gasteiger partial charge in [-0.1, -0.05) is 32.9 Å². The molecule has 1 aromatic carbocycles. The Labute approximate surface area is 187 Å². The Morgan fingerprint density at radius 3 is 2.53 bits per heavy atom. The van der Waals surface area contributed by atoms with Crippen molar-refractivity contribution in [1.29, 1.82) is 0 Å². The van der Waals surface area contributed by atoms with E-state index in [-0.39, 0.29) is 0 Å². The van der Waals surface area contributed by atoms with Gasteiger partial charge in [-0.3, -0.25) is 4.90 Å². The Morgan fingerprint density at radius 2 is 1.81 bits per heavy atom. The molecule has 4 aromatic rings. The summed E-state index contributed by atoms with van der Waals surface area (Å²) < 4.78 is 6.95. The minimum absolute atomic E-state index is 0.295. The molecule has 0 aliphatic carbocycles. The smallest absolute Gasteiger partial charge is 0.223 e. The summed E-state index contributed by atoms with van der Waals surface area (Å²) in [5.41, 5.74) is 10.2. The fraction of sp³-hybridized carbons (Fsp3) is 0.375. The standard InChI is InChI=1S/C24H29N7O/c1-24(2,3)16-29-9-11-30(12-10-29)18-7-4-6-17(14-18)19-15-21-27-22(20-8-5-13-32-20)28-31(21)23(25)26-19/h4-8,13-15H,9-12,16H2,1-3H3,(H2,25,26). The maximum Gasteiger partial charge on any atom is 0.223 e. The SMILES string of the molecule is CC(C)(C)CN1CCN(c2cccc(-c3cc4nc(-c5ccco5)nn4c(N)n3)c2)CC1. The van der Waals surface area contributed by atoms with Crippen LogP contribution in [0.15, 0.2) is 53.1 Å². The number of nitrogens with zero attached hydrogens (tertiary/aromatic N) is 6. The van der Waals surface area contributed by atoms with Crippen LogP contribution < -0.4 is 10.6 Å². The molecule has 0 saturated carbocycles. The average molecular weight is 432 g/mol. The second-order valence-corrected chi connectivity index (χ2v) is 9.56. The van der Waals surface area contributed by atoms with Gasteiger partial charge < -0.3 is 15.1 Å². The maximum absolute atomic E-state index is 6.21. The third kappa shape index (κ3) is 4.18. The number of nitrogens with two attached hydrogens (primary N) is 1. The molecule has 1 fully saturated rings. The quantitative estimate of drug-likeness (QED) is 0.526. The summed E-state index contributed by atoms with van der Waals surface area (Å²) in [7, 11) is 0. The Balaban J connectivity index is 1.38. The highest BCUT2D eigenvalue weighted by Crippen LogP contribution is 2.27. The van der Waals surface area contributed by atoms with Gasteiger partial charge in [-0.15, -0.1) is 5.10 Å². The predicted octanol–water partition coefficient (Wildman–Crippen LogP) is 3.80.